The number of amides is 2. The van der Waals surface area contributed by atoms with Gasteiger partial charge in [-0.15, -0.1) is 11.3 Å². The minimum atomic E-state index is -0.716. The fraction of sp³-hybridized carbons (Fsp3) is 0.130. The van der Waals surface area contributed by atoms with Crippen LogP contribution in [0.3, 0.4) is 0 Å². The first-order valence-corrected chi connectivity index (χ1v) is 10.9. The number of ether oxygens (including phenoxy) is 1. The van der Waals surface area contributed by atoms with E-state index in [1.165, 1.54) is 24.3 Å². The SMILES string of the molecule is CCOC(=O)c1nn(-c2ccc(F)cc2)c(=O)c2c(NC(=O)Nc3cccc(C)c3)scc12. The molecule has 2 aromatic carbocycles. The Hall–Kier alpha value is -4.05. The molecule has 0 spiro atoms. The fourth-order valence-corrected chi connectivity index (χ4v) is 4.17. The number of benzene rings is 2. The Kier molecular flexibility index (Phi) is 6.18. The Labute approximate surface area is 191 Å². The summed E-state index contributed by atoms with van der Waals surface area (Å²) < 4.78 is 19.5. The highest BCUT2D eigenvalue weighted by atomic mass is 32.1. The zero-order valence-corrected chi connectivity index (χ0v) is 18.5. The molecule has 4 rings (SSSR count). The van der Waals surface area contributed by atoms with Crippen molar-refractivity contribution in [2.24, 2.45) is 0 Å². The molecular weight excluding hydrogens is 447 g/mol. The lowest BCUT2D eigenvalue weighted by atomic mass is 10.2. The Balaban J connectivity index is 1.79. The van der Waals surface area contributed by atoms with Crippen LogP contribution in [-0.2, 0) is 4.74 Å². The Morgan fingerprint density at radius 1 is 1.15 bits per heavy atom. The van der Waals surface area contributed by atoms with E-state index in [0.717, 1.165) is 21.6 Å². The predicted octanol–water partition coefficient (Wildman–Crippen LogP) is 4.72. The van der Waals surface area contributed by atoms with Crippen LogP contribution >= 0.6 is 11.3 Å². The van der Waals surface area contributed by atoms with E-state index in [0.29, 0.717) is 5.69 Å². The number of aromatic nitrogens is 2. The molecule has 0 unspecified atom stereocenters. The van der Waals surface area contributed by atoms with Crippen LogP contribution in [0.4, 0.5) is 19.9 Å². The molecular formula is C23H19FN4O4S. The molecule has 4 aromatic rings. The summed E-state index contributed by atoms with van der Waals surface area (Å²) in [5.41, 5.74) is 1.17. The fourth-order valence-electron chi connectivity index (χ4n) is 3.24. The molecule has 0 saturated carbocycles. The van der Waals surface area contributed by atoms with Gasteiger partial charge in [0, 0.05) is 16.5 Å². The van der Waals surface area contributed by atoms with Crippen LogP contribution in [0, 0.1) is 12.7 Å². The van der Waals surface area contributed by atoms with E-state index >= 15 is 0 Å². The largest absolute Gasteiger partial charge is 0.461 e. The maximum atomic E-state index is 13.4. The molecule has 0 saturated heterocycles. The molecule has 0 atom stereocenters. The Morgan fingerprint density at radius 3 is 2.61 bits per heavy atom. The van der Waals surface area contributed by atoms with Crippen molar-refractivity contribution < 1.29 is 18.7 Å². The lowest BCUT2D eigenvalue weighted by Crippen LogP contribution is -2.26. The maximum Gasteiger partial charge on any atom is 0.359 e. The Bertz CT molecular complexity index is 1410. The van der Waals surface area contributed by atoms with Crippen LogP contribution in [0.15, 0.2) is 58.7 Å². The number of nitrogens with zero attached hydrogens (tertiary/aromatic N) is 2. The first-order valence-electron chi connectivity index (χ1n) is 9.99. The van der Waals surface area contributed by atoms with Crippen LogP contribution in [-0.4, -0.2) is 28.4 Å². The normalized spacial score (nSPS) is 10.8. The molecule has 33 heavy (non-hydrogen) atoms. The summed E-state index contributed by atoms with van der Waals surface area (Å²) >= 11 is 1.08. The summed E-state index contributed by atoms with van der Waals surface area (Å²) in [6.07, 6.45) is 0. The van der Waals surface area contributed by atoms with E-state index in [-0.39, 0.29) is 33.8 Å². The predicted molar refractivity (Wildman–Crippen MR) is 125 cm³/mol. The smallest absolute Gasteiger partial charge is 0.359 e. The molecule has 168 valence electrons. The molecule has 8 nitrogen and oxygen atoms in total. The van der Waals surface area contributed by atoms with Crippen LogP contribution in [0.25, 0.3) is 16.5 Å². The van der Waals surface area contributed by atoms with Gasteiger partial charge in [0.25, 0.3) is 5.56 Å². The van der Waals surface area contributed by atoms with Crippen molar-refractivity contribution in [1.82, 2.24) is 9.78 Å². The van der Waals surface area contributed by atoms with Crippen molar-refractivity contribution in [3.63, 3.8) is 0 Å². The summed E-state index contributed by atoms with van der Waals surface area (Å²) in [6, 6.07) is 11.8. The Morgan fingerprint density at radius 2 is 1.91 bits per heavy atom. The summed E-state index contributed by atoms with van der Waals surface area (Å²) in [5, 5.41) is 11.7. The molecule has 2 amide bonds. The topological polar surface area (TPSA) is 102 Å². The number of carbonyl (C=O) groups is 2. The third kappa shape index (κ3) is 4.60. The summed E-state index contributed by atoms with van der Waals surface area (Å²) in [7, 11) is 0. The zero-order chi connectivity index (χ0) is 23.5. The van der Waals surface area contributed by atoms with Gasteiger partial charge in [-0.2, -0.15) is 9.78 Å². The highest BCUT2D eigenvalue weighted by molar-refractivity contribution is 7.16. The lowest BCUT2D eigenvalue weighted by Gasteiger charge is -2.10. The van der Waals surface area contributed by atoms with Gasteiger partial charge in [0.15, 0.2) is 5.69 Å². The molecule has 0 aliphatic heterocycles. The summed E-state index contributed by atoms with van der Waals surface area (Å²) in [6.45, 7) is 3.67. The monoisotopic (exact) mass is 466 g/mol. The van der Waals surface area contributed by atoms with Crippen molar-refractivity contribution in [1.29, 1.82) is 0 Å². The average molecular weight is 466 g/mol. The number of rotatable bonds is 5. The molecule has 2 N–H and O–H groups in total. The number of hydrogen-bond acceptors (Lipinski definition) is 6. The number of fused-ring (bicyclic) bond motifs is 1. The van der Waals surface area contributed by atoms with Gasteiger partial charge in [0.2, 0.25) is 0 Å². The molecule has 2 heterocycles. The van der Waals surface area contributed by atoms with E-state index in [9.17, 15) is 18.8 Å². The molecule has 2 aromatic heterocycles. The molecule has 0 bridgehead atoms. The third-order valence-electron chi connectivity index (χ3n) is 4.70. The van der Waals surface area contributed by atoms with Crippen molar-refractivity contribution in [3.8, 4) is 5.69 Å². The van der Waals surface area contributed by atoms with Crippen LogP contribution in [0.1, 0.15) is 23.0 Å². The summed E-state index contributed by atoms with van der Waals surface area (Å²) in [4.78, 5) is 38.4. The molecule has 0 radical (unpaired) electrons. The van der Waals surface area contributed by atoms with Gasteiger partial charge in [-0.3, -0.25) is 10.1 Å². The van der Waals surface area contributed by atoms with Crippen molar-refractivity contribution in [2.75, 3.05) is 17.2 Å². The van der Waals surface area contributed by atoms with Gasteiger partial charge in [0.05, 0.1) is 17.7 Å². The minimum Gasteiger partial charge on any atom is -0.461 e. The van der Waals surface area contributed by atoms with Gasteiger partial charge >= 0.3 is 12.0 Å². The number of urea groups is 1. The third-order valence-corrected chi connectivity index (χ3v) is 5.59. The van der Waals surface area contributed by atoms with E-state index in [1.54, 1.807) is 24.4 Å². The van der Waals surface area contributed by atoms with Gasteiger partial charge < -0.3 is 10.1 Å². The summed E-state index contributed by atoms with van der Waals surface area (Å²) in [5.74, 6) is -1.20. The van der Waals surface area contributed by atoms with Crippen molar-refractivity contribution in [2.45, 2.75) is 13.8 Å². The first kappa shape index (κ1) is 22.2. The van der Waals surface area contributed by atoms with E-state index in [1.807, 2.05) is 19.1 Å². The van der Waals surface area contributed by atoms with E-state index < -0.39 is 23.4 Å². The highest BCUT2D eigenvalue weighted by Crippen LogP contribution is 2.31. The highest BCUT2D eigenvalue weighted by Gasteiger charge is 2.23. The van der Waals surface area contributed by atoms with Gasteiger partial charge in [-0.25, -0.2) is 14.0 Å². The second kappa shape index (κ2) is 9.21. The first-order chi connectivity index (χ1) is 15.9. The number of esters is 1. The van der Waals surface area contributed by atoms with Crippen LogP contribution in [0.5, 0.6) is 0 Å². The molecule has 0 aliphatic rings. The molecule has 0 aliphatic carbocycles. The van der Waals surface area contributed by atoms with E-state index in [2.05, 4.69) is 15.7 Å². The zero-order valence-electron chi connectivity index (χ0n) is 17.7. The van der Waals surface area contributed by atoms with E-state index in [4.69, 9.17) is 4.74 Å². The lowest BCUT2D eigenvalue weighted by molar-refractivity contribution is 0.0520. The number of thiophene rings is 1. The van der Waals surface area contributed by atoms with Gasteiger partial charge in [-0.05, 0) is 55.8 Å². The molecule has 10 heteroatoms. The maximum absolute atomic E-state index is 13.4. The number of hydrogen-bond donors (Lipinski definition) is 2. The van der Waals surface area contributed by atoms with Crippen LogP contribution in [0.2, 0.25) is 0 Å². The number of halogens is 1. The van der Waals surface area contributed by atoms with Gasteiger partial charge in [0.1, 0.15) is 10.8 Å². The van der Waals surface area contributed by atoms with Crippen molar-refractivity contribution in [3.05, 3.63) is 81.3 Å². The van der Waals surface area contributed by atoms with Crippen LogP contribution < -0.4 is 16.2 Å². The molecule has 0 fully saturated rings. The number of anilines is 2. The van der Waals surface area contributed by atoms with Crippen molar-refractivity contribution >= 4 is 44.8 Å². The number of nitrogens with one attached hydrogen (secondary N) is 2. The quantitative estimate of drug-likeness (QED) is 0.415. The number of carbonyl (C=O) groups excluding carboxylic acids is 2. The minimum absolute atomic E-state index is 0.0841. The standard InChI is InChI=1S/C23H19FN4O4S/c1-3-32-22(30)19-17-12-33-20(26-23(31)25-15-6-4-5-13(2)11-15)18(17)21(29)28(27-19)16-9-7-14(24)8-10-16/h4-12H,3H2,1-2H3,(H2,25,26,31). The number of aryl methyl sites for hydroxylation is 1. The average Bonchev–Trinajstić information content (AvgIpc) is 3.19. The van der Waals surface area contributed by atoms with Gasteiger partial charge in [-0.1, -0.05) is 12.1 Å². The second-order valence-electron chi connectivity index (χ2n) is 7.06. The second-order valence-corrected chi connectivity index (χ2v) is 7.94.